The average molecular weight is 214 g/mol. The Kier molecular flexibility index (Phi) is 2.82. The van der Waals surface area contributed by atoms with Crippen molar-refractivity contribution in [2.45, 2.75) is 6.92 Å². The van der Waals surface area contributed by atoms with Crippen molar-refractivity contribution in [3.8, 4) is 11.1 Å². The molecule has 16 heavy (non-hydrogen) atoms. The number of carbonyl (C=O) groups is 1. The van der Waals surface area contributed by atoms with E-state index >= 15 is 0 Å². The predicted molar refractivity (Wildman–Crippen MR) is 62.0 cm³/mol. The lowest BCUT2D eigenvalue weighted by Crippen LogP contribution is -1.87. The van der Waals surface area contributed by atoms with E-state index in [-0.39, 0.29) is 5.82 Å². The minimum absolute atomic E-state index is 0.257. The molecule has 0 atom stereocenters. The summed E-state index contributed by atoms with van der Waals surface area (Å²) in [7, 11) is 0. The lowest BCUT2D eigenvalue weighted by atomic mass is 9.98. The second kappa shape index (κ2) is 4.27. The van der Waals surface area contributed by atoms with E-state index in [4.69, 9.17) is 0 Å². The van der Waals surface area contributed by atoms with Gasteiger partial charge in [0.15, 0.2) is 0 Å². The van der Waals surface area contributed by atoms with Gasteiger partial charge < -0.3 is 0 Å². The number of hydrogen-bond donors (Lipinski definition) is 0. The van der Waals surface area contributed by atoms with E-state index in [9.17, 15) is 9.18 Å². The zero-order chi connectivity index (χ0) is 11.5. The van der Waals surface area contributed by atoms with Gasteiger partial charge in [-0.3, -0.25) is 4.79 Å². The first-order valence-electron chi connectivity index (χ1n) is 5.02. The molecule has 2 aromatic rings. The Labute approximate surface area is 93.5 Å². The average Bonchev–Trinajstić information content (AvgIpc) is 2.31. The molecule has 0 aliphatic rings. The molecule has 0 aromatic heterocycles. The third-order valence-corrected chi connectivity index (χ3v) is 2.55. The first kappa shape index (κ1) is 10.6. The zero-order valence-corrected chi connectivity index (χ0v) is 8.91. The minimum Gasteiger partial charge on any atom is -0.298 e. The maximum atomic E-state index is 12.8. The van der Waals surface area contributed by atoms with Gasteiger partial charge in [-0.2, -0.15) is 0 Å². The fourth-order valence-electron chi connectivity index (χ4n) is 1.65. The second-order valence-corrected chi connectivity index (χ2v) is 3.70. The summed E-state index contributed by atoms with van der Waals surface area (Å²) >= 11 is 0. The standard InChI is InChI=1S/C14H11FO/c1-10-2-3-11(9-16)8-14(10)12-4-6-13(15)7-5-12/h2-9H,1H3. The molecule has 0 bridgehead atoms. The molecule has 0 aliphatic heterocycles. The van der Waals surface area contributed by atoms with Gasteiger partial charge in [0, 0.05) is 5.56 Å². The van der Waals surface area contributed by atoms with Gasteiger partial charge in [0.05, 0.1) is 0 Å². The van der Waals surface area contributed by atoms with Crippen molar-refractivity contribution in [3.63, 3.8) is 0 Å². The molecule has 0 fully saturated rings. The van der Waals surface area contributed by atoms with Crippen LogP contribution < -0.4 is 0 Å². The highest BCUT2D eigenvalue weighted by Crippen LogP contribution is 2.24. The van der Waals surface area contributed by atoms with Crippen molar-refractivity contribution in [3.05, 3.63) is 59.4 Å². The smallest absolute Gasteiger partial charge is 0.150 e. The van der Waals surface area contributed by atoms with Gasteiger partial charge in [0.1, 0.15) is 12.1 Å². The van der Waals surface area contributed by atoms with Crippen molar-refractivity contribution >= 4 is 6.29 Å². The van der Waals surface area contributed by atoms with Gasteiger partial charge in [-0.25, -0.2) is 4.39 Å². The molecule has 1 nitrogen and oxygen atoms in total. The van der Waals surface area contributed by atoms with Gasteiger partial charge in [0.2, 0.25) is 0 Å². The van der Waals surface area contributed by atoms with E-state index in [1.807, 2.05) is 19.1 Å². The summed E-state index contributed by atoms with van der Waals surface area (Å²) in [5, 5.41) is 0. The second-order valence-electron chi connectivity index (χ2n) is 3.70. The maximum absolute atomic E-state index is 12.8. The Hall–Kier alpha value is -1.96. The van der Waals surface area contributed by atoms with Crippen molar-refractivity contribution in [1.82, 2.24) is 0 Å². The van der Waals surface area contributed by atoms with E-state index in [1.54, 1.807) is 18.2 Å². The first-order valence-corrected chi connectivity index (χ1v) is 5.02. The van der Waals surface area contributed by atoms with Crippen LogP contribution in [0.25, 0.3) is 11.1 Å². The van der Waals surface area contributed by atoms with Crippen LogP contribution in [0.2, 0.25) is 0 Å². The lowest BCUT2D eigenvalue weighted by molar-refractivity contribution is 0.112. The Morgan fingerprint density at radius 1 is 1.06 bits per heavy atom. The predicted octanol–water partition coefficient (Wildman–Crippen LogP) is 3.61. The highest BCUT2D eigenvalue weighted by molar-refractivity contribution is 5.80. The summed E-state index contributed by atoms with van der Waals surface area (Å²) in [6, 6.07) is 11.7. The van der Waals surface area contributed by atoms with Crippen molar-refractivity contribution in [1.29, 1.82) is 0 Å². The van der Waals surface area contributed by atoms with E-state index in [2.05, 4.69) is 0 Å². The summed E-state index contributed by atoms with van der Waals surface area (Å²) in [5.74, 6) is -0.257. The molecule has 0 N–H and O–H groups in total. The summed E-state index contributed by atoms with van der Waals surface area (Å²) < 4.78 is 12.8. The van der Waals surface area contributed by atoms with E-state index < -0.39 is 0 Å². The molecule has 2 aromatic carbocycles. The SMILES string of the molecule is Cc1ccc(C=O)cc1-c1ccc(F)cc1. The third-order valence-electron chi connectivity index (χ3n) is 2.55. The molecule has 0 radical (unpaired) electrons. The van der Waals surface area contributed by atoms with Crippen LogP contribution in [0.3, 0.4) is 0 Å². The van der Waals surface area contributed by atoms with Gasteiger partial charge in [-0.15, -0.1) is 0 Å². The Bertz CT molecular complexity index is 515. The van der Waals surface area contributed by atoms with Crippen molar-refractivity contribution in [2.75, 3.05) is 0 Å². The number of aldehydes is 1. The van der Waals surface area contributed by atoms with Gasteiger partial charge in [-0.05, 0) is 41.8 Å². The van der Waals surface area contributed by atoms with Crippen LogP contribution in [0, 0.1) is 12.7 Å². The molecule has 0 amide bonds. The molecule has 0 saturated carbocycles. The van der Waals surface area contributed by atoms with Crippen LogP contribution in [0.4, 0.5) is 4.39 Å². The number of aryl methyl sites for hydroxylation is 1. The summed E-state index contributed by atoms with van der Waals surface area (Å²) in [4.78, 5) is 10.7. The summed E-state index contributed by atoms with van der Waals surface area (Å²) in [5.41, 5.74) is 3.58. The molecule has 0 heterocycles. The van der Waals surface area contributed by atoms with Gasteiger partial charge >= 0.3 is 0 Å². The van der Waals surface area contributed by atoms with Crippen LogP contribution in [0.5, 0.6) is 0 Å². The monoisotopic (exact) mass is 214 g/mol. The highest BCUT2D eigenvalue weighted by atomic mass is 19.1. The maximum Gasteiger partial charge on any atom is 0.150 e. The van der Waals surface area contributed by atoms with E-state index in [0.717, 1.165) is 23.0 Å². The number of benzene rings is 2. The van der Waals surface area contributed by atoms with Crippen LogP contribution >= 0.6 is 0 Å². The Morgan fingerprint density at radius 3 is 2.38 bits per heavy atom. The Morgan fingerprint density at radius 2 is 1.75 bits per heavy atom. The molecule has 0 saturated heterocycles. The highest BCUT2D eigenvalue weighted by Gasteiger charge is 2.03. The fraction of sp³-hybridized carbons (Fsp3) is 0.0714. The Balaban J connectivity index is 2.54. The number of hydrogen-bond acceptors (Lipinski definition) is 1. The number of carbonyl (C=O) groups excluding carboxylic acids is 1. The van der Waals surface area contributed by atoms with E-state index in [0.29, 0.717) is 5.56 Å². The molecule has 80 valence electrons. The van der Waals surface area contributed by atoms with Gasteiger partial charge in [0.25, 0.3) is 0 Å². The topological polar surface area (TPSA) is 17.1 Å². The van der Waals surface area contributed by atoms with Crippen LogP contribution in [0.1, 0.15) is 15.9 Å². The zero-order valence-electron chi connectivity index (χ0n) is 8.91. The normalized spacial score (nSPS) is 10.1. The lowest BCUT2D eigenvalue weighted by Gasteiger charge is -2.06. The summed E-state index contributed by atoms with van der Waals surface area (Å²) in [6.07, 6.45) is 0.812. The molecular weight excluding hydrogens is 203 g/mol. The van der Waals surface area contributed by atoms with Crippen LogP contribution in [-0.2, 0) is 0 Å². The number of halogens is 1. The van der Waals surface area contributed by atoms with Gasteiger partial charge in [-0.1, -0.05) is 24.3 Å². The quantitative estimate of drug-likeness (QED) is 0.698. The molecule has 2 rings (SSSR count). The first-order chi connectivity index (χ1) is 7.70. The molecule has 0 unspecified atom stereocenters. The fourth-order valence-corrected chi connectivity index (χ4v) is 1.65. The third kappa shape index (κ3) is 2.01. The van der Waals surface area contributed by atoms with Crippen LogP contribution in [-0.4, -0.2) is 6.29 Å². The molecule has 0 aliphatic carbocycles. The van der Waals surface area contributed by atoms with Crippen molar-refractivity contribution in [2.24, 2.45) is 0 Å². The molecule has 0 spiro atoms. The molecular formula is C14H11FO. The minimum atomic E-state index is -0.257. The number of rotatable bonds is 2. The van der Waals surface area contributed by atoms with Crippen molar-refractivity contribution < 1.29 is 9.18 Å². The largest absolute Gasteiger partial charge is 0.298 e. The molecule has 2 heteroatoms. The summed E-state index contributed by atoms with van der Waals surface area (Å²) in [6.45, 7) is 1.97. The van der Waals surface area contributed by atoms with E-state index in [1.165, 1.54) is 12.1 Å². The van der Waals surface area contributed by atoms with Crippen LogP contribution in [0.15, 0.2) is 42.5 Å².